The van der Waals surface area contributed by atoms with E-state index in [0.29, 0.717) is 15.6 Å². The maximum atomic E-state index is 12.2. The molecule has 10 heteroatoms. The lowest BCUT2D eigenvalue weighted by molar-refractivity contribution is -0.387. The van der Waals surface area contributed by atoms with Crippen LogP contribution in [0.3, 0.4) is 0 Å². The van der Waals surface area contributed by atoms with E-state index in [0.717, 1.165) is 17.8 Å². The molecule has 0 aromatic heterocycles. The standard InChI is InChI=1S/C17H15Cl2N3O4S/c1-9(12-4-3-11(18)7-13(12)19)21-16(23)8-27-15-5-2-10(17(20)24)6-14(15)22(25)26/h2-7,9H,8H2,1H3,(H2,20,24)(H,21,23). The molecule has 2 aromatic carbocycles. The van der Waals surface area contributed by atoms with Gasteiger partial charge in [-0.2, -0.15) is 0 Å². The highest BCUT2D eigenvalue weighted by molar-refractivity contribution is 8.00. The predicted octanol–water partition coefficient (Wildman–Crippen LogP) is 3.97. The van der Waals surface area contributed by atoms with Gasteiger partial charge in [0.15, 0.2) is 0 Å². The normalized spacial score (nSPS) is 11.7. The van der Waals surface area contributed by atoms with Crippen molar-refractivity contribution in [2.24, 2.45) is 5.73 Å². The van der Waals surface area contributed by atoms with Crippen molar-refractivity contribution in [3.63, 3.8) is 0 Å². The van der Waals surface area contributed by atoms with Crippen molar-refractivity contribution in [1.29, 1.82) is 0 Å². The second-order valence-corrected chi connectivity index (χ2v) is 7.41. The molecule has 0 spiro atoms. The number of nitrogens with two attached hydrogens (primary N) is 1. The molecule has 0 saturated carbocycles. The van der Waals surface area contributed by atoms with Crippen LogP contribution in [0.2, 0.25) is 10.0 Å². The van der Waals surface area contributed by atoms with E-state index < -0.39 is 10.8 Å². The summed E-state index contributed by atoms with van der Waals surface area (Å²) in [6.45, 7) is 1.77. The third kappa shape index (κ3) is 5.59. The minimum absolute atomic E-state index is 0.0292. The van der Waals surface area contributed by atoms with Gasteiger partial charge in [0.25, 0.3) is 5.69 Å². The van der Waals surface area contributed by atoms with Gasteiger partial charge in [-0.15, -0.1) is 11.8 Å². The molecule has 0 aliphatic heterocycles. The Kier molecular flexibility index (Phi) is 7.06. The molecule has 0 fully saturated rings. The molecule has 1 unspecified atom stereocenters. The quantitative estimate of drug-likeness (QED) is 0.393. The monoisotopic (exact) mass is 427 g/mol. The number of nitro groups is 1. The van der Waals surface area contributed by atoms with E-state index >= 15 is 0 Å². The molecule has 2 aromatic rings. The van der Waals surface area contributed by atoms with Gasteiger partial charge < -0.3 is 11.1 Å². The number of hydrogen-bond donors (Lipinski definition) is 2. The van der Waals surface area contributed by atoms with Gasteiger partial charge in [-0.05, 0) is 36.8 Å². The lowest BCUT2D eigenvalue weighted by atomic mass is 10.1. The van der Waals surface area contributed by atoms with Crippen molar-refractivity contribution < 1.29 is 14.5 Å². The van der Waals surface area contributed by atoms with Crippen LogP contribution in [0.5, 0.6) is 0 Å². The molecule has 0 heterocycles. The van der Waals surface area contributed by atoms with Crippen LogP contribution in [-0.2, 0) is 4.79 Å². The topological polar surface area (TPSA) is 115 Å². The summed E-state index contributed by atoms with van der Waals surface area (Å²) in [6.07, 6.45) is 0. The van der Waals surface area contributed by atoms with Crippen molar-refractivity contribution in [3.8, 4) is 0 Å². The number of benzene rings is 2. The van der Waals surface area contributed by atoms with Crippen LogP contribution in [-0.4, -0.2) is 22.5 Å². The minimum atomic E-state index is -0.763. The summed E-state index contributed by atoms with van der Waals surface area (Å²) in [5.74, 6) is -1.14. The zero-order valence-electron chi connectivity index (χ0n) is 14.1. The predicted molar refractivity (Wildman–Crippen MR) is 105 cm³/mol. The third-order valence-electron chi connectivity index (χ3n) is 3.61. The van der Waals surface area contributed by atoms with Crippen molar-refractivity contribution in [2.45, 2.75) is 17.9 Å². The van der Waals surface area contributed by atoms with E-state index in [2.05, 4.69) is 5.32 Å². The lowest BCUT2D eigenvalue weighted by Gasteiger charge is -2.16. The molecule has 2 amide bonds. The average Bonchev–Trinajstić information content (AvgIpc) is 2.59. The largest absolute Gasteiger partial charge is 0.366 e. The number of thioether (sulfide) groups is 1. The number of carbonyl (C=O) groups is 2. The molecule has 3 N–H and O–H groups in total. The summed E-state index contributed by atoms with van der Waals surface area (Å²) < 4.78 is 0. The van der Waals surface area contributed by atoms with E-state index in [-0.39, 0.29) is 33.8 Å². The van der Waals surface area contributed by atoms with Gasteiger partial charge in [0.05, 0.1) is 21.6 Å². The van der Waals surface area contributed by atoms with Crippen LogP contribution in [0.4, 0.5) is 5.69 Å². The molecule has 0 saturated heterocycles. The molecule has 0 aliphatic carbocycles. The van der Waals surface area contributed by atoms with Crippen LogP contribution in [0.25, 0.3) is 0 Å². The van der Waals surface area contributed by atoms with Crippen LogP contribution < -0.4 is 11.1 Å². The van der Waals surface area contributed by atoms with Gasteiger partial charge in [-0.1, -0.05) is 29.3 Å². The molecule has 2 rings (SSSR count). The fourth-order valence-electron chi connectivity index (χ4n) is 2.29. The van der Waals surface area contributed by atoms with Crippen molar-refractivity contribution in [3.05, 3.63) is 67.7 Å². The van der Waals surface area contributed by atoms with Gasteiger partial charge >= 0.3 is 0 Å². The van der Waals surface area contributed by atoms with Gasteiger partial charge in [-0.3, -0.25) is 19.7 Å². The zero-order chi connectivity index (χ0) is 20.1. The Hall–Kier alpha value is -2.29. The second kappa shape index (κ2) is 9.07. The Morgan fingerprint density at radius 2 is 1.96 bits per heavy atom. The Balaban J connectivity index is 2.05. The third-order valence-corrected chi connectivity index (χ3v) is 5.23. The number of hydrogen-bond acceptors (Lipinski definition) is 5. The summed E-state index contributed by atoms with van der Waals surface area (Å²) in [5.41, 5.74) is 5.59. The maximum absolute atomic E-state index is 12.2. The summed E-state index contributed by atoms with van der Waals surface area (Å²) in [7, 11) is 0. The first-order valence-electron chi connectivity index (χ1n) is 7.64. The highest BCUT2D eigenvalue weighted by atomic mass is 35.5. The first-order valence-corrected chi connectivity index (χ1v) is 9.38. The van der Waals surface area contributed by atoms with Gasteiger partial charge in [-0.25, -0.2) is 0 Å². The number of nitro benzene ring substituents is 1. The molecule has 7 nitrogen and oxygen atoms in total. The number of amides is 2. The molecule has 142 valence electrons. The Bertz CT molecular complexity index is 908. The SMILES string of the molecule is CC(NC(=O)CSc1ccc(C(N)=O)cc1[N+](=O)[O-])c1ccc(Cl)cc1Cl. The van der Waals surface area contributed by atoms with Crippen LogP contribution >= 0.6 is 35.0 Å². The van der Waals surface area contributed by atoms with Crippen molar-refractivity contribution in [2.75, 3.05) is 5.75 Å². The molecule has 27 heavy (non-hydrogen) atoms. The Morgan fingerprint density at radius 3 is 2.56 bits per heavy atom. The molecular formula is C17H15Cl2N3O4S. The highest BCUT2D eigenvalue weighted by Gasteiger charge is 2.19. The van der Waals surface area contributed by atoms with Crippen LogP contribution in [0.1, 0.15) is 28.9 Å². The first-order chi connectivity index (χ1) is 12.7. The summed E-state index contributed by atoms with van der Waals surface area (Å²) >= 11 is 13.0. The molecule has 1 atom stereocenters. The lowest BCUT2D eigenvalue weighted by Crippen LogP contribution is -2.28. The number of nitrogens with zero attached hydrogens (tertiary/aromatic N) is 1. The van der Waals surface area contributed by atoms with Crippen LogP contribution in [0.15, 0.2) is 41.3 Å². The van der Waals surface area contributed by atoms with Gasteiger partial charge in [0.1, 0.15) is 0 Å². The maximum Gasteiger partial charge on any atom is 0.283 e. The second-order valence-electron chi connectivity index (χ2n) is 5.55. The van der Waals surface area contributed by atoms with E-state index in [1.165, 1.54) is 12.1 Å². The summed E-state index contributed by atoms with van der Waals surface area (Å²) in [4.78, 5) is 34.2. The van der Waals surface area contributed by atoms with Gasteiger partial charge in [0.2, 0.25) is 11.8 Å². The van der Waals surface area contributed by atoms with E-state index in [9.17, 15) is 19.7 Å². The average molecular weight is 428 g/mol. The van der Waals surface area contributed by atoms with E-state index in [4.69, 9.17) is 28.9 Å². The molecule has 0 radical (unpaired) electrons. The Labute approximate surface area is 169 Å². The van der Waals surface area contributed by atoms with Crippen molar-refractivity contribution in [1.82, 2.24) is 5.32 Å². The van der Waals surface area contributed by atoms with E-state index in [1.807, 2.05) is 0 Å². The molecule has 0 aliphatic rings. The van der Waals surface area contributed by atoms with Crippen LogP contribution in [0, 0.1) is 10.1 Å². The summed E-state index contributed by atoms with van der Waals surface area (Å²) in [5, 5.41) is 14.9. The number of primary amides is 1. The number of carbonyl (C=O) groups excluding carboxylic acids is 2. The molecular weight excluding hydrogens is 413 g/mol. The van der Waals surface area contributed by atoms with E-state index in [1.54, 1.807) is 25.1 Å². The fourth-order valence-corrected chi connectivity index (χ4v) is 3.68. The first kappa shape index (κ1) is 21.0. The van der Waals surface area contributed by atoms with Gasteiger partial charge in [0, 0.05) is 21.7 Å². The van der Waals surface area contributed by atoms with Crippen molar-refractivity contribution >= 4 is 52.5 Å². The fraction of sp³-hybridized carbons (Fsp3) is 0.176. The number of rotatable bonds is 7. The summed E-state index contributed by atoms with van der Waals surface area (Å²) in [6, 6.07) is 8.48. The highest BCUT2D eigenvalue weighted by Crippen LogP contribution is 2.30. The number of nitrogens with one attached hydrogen (secondary N) is 1. The zero-order valence-corrected chi connectivity index (χ0v) is 16.4. The number of halogens is 2. The smallest absolute Gasteiger partial charge is 0.283 e. The Morgan fingerprint density at radius 1 is 1.26 bits per heavy atom. The minimum Gasteiger partial charge on any atom is -0.366 e. The molecule has 0 bridgehead atoms.